The first-order chi connectivity index (χ1) is 18.0. The number of rotatable bonds is 5. The Hall–Kier alpha value is -3.87. The summed E-state index contributed by atoms with van der Waals surface area (Å²) in [4.78, 5) is 46.6. The zero-order valence-electron chi connectivity index (χ0n) is 21.0. The van der Waals surface area contributed by atoms with Crippen LogP contribution in [0.15, 0.2) is 60.2 Å². The van der Waals surface area contributed by atoms with Gasteiger partial charge in [0.1, 0.15) is 6.04 Å². The number of carbonyl (C=O) groups is 3. The predicted octanol–water partition coefficient (Wildman–Crippen LogP) is 4.53. The lowest BCUT2D eigenvalue weighted by Gasteiger charge is -2.47. The third-order valence-electron chi connectivity index (χ3n) is 8.08. The molecule has 3 aliphatic rings. The van der Waals surface area contributed by atoms with Crippen molar-refractivity contribution in [3.05, 3.63) is 82.6 Å². The predicted molar refractivity (Wildman–Crippen MR) is 140 cm³/mol. The van der Waals surface area contributed by atoms with E-state index in [1.165, 1.54) is 25.5 Å². The van der Waals surface area contributed by atoms with Gasteiger partial charge in [-0.2, -0.15) is 0 Å². The molecule has 3 aromatic rings. The monoisotopic (exact) mass is 497 g/mol. The lowest BCUT2D eigenvalue weighted by molar-refractivity contribution is -0.158. The Morgan fingerprint density at radius 2 is 1.89 bits per heavy atom. The molecule has 7 heteroatoms. The Labute approximate surface area is 216 Å². The highest BCUT2D eigenvalue weighted by Gasteiger charge is 2.48. The molecule has 1 aliphatic carbocycles. The molecule has 1 saturated heterocycles. The number of nitrogens with one attached hydrogen (secondary N) is 1. The van der Waals surface area contributed by atoms with Crippen LogP contribution >= 0.6 is 0 Å². The molecule has 2 aromatic carbocycles. The largest absolute Gasteiger partial charge is 0.465 e. The van der Waals surface area contributed by atoms with Crippen LogP contribution in [0.3, 0.4) is 0 Å². The summed E-state index contributed by atoms with van der Waals surface area (Å²) < 4.78 is 4.85. The Kier molecular flexibility index (Phi) is 6.07. The number of benzene rings is 2. The highest BCUT2D eigenvalue weighted by Crippen LogP contribution is 2.42. The number of aromatic amines is 1. The minimum Gasteiger partial charge on any atom is -0.465 e. The molecule has 190 valence electrons. The van der Waals surface area contributed by atoms with Crippen LogP contribution in [-0.2, 0) is 20.7 Å². The number of nitrogens with zero attached hydrogens (tertiary/aromatic N) is 2. The molecule has 2 aliphatic heterocycles. The summed E-state index contributed by atoms with van der Waals surface area (Å²) in [5.41, 5.74) is 5.71. The molecule has 1 N–H and O–H groups in total. The Bertz CT molecular complexity index is 1400. The van der Waals surface area contributed by atoms with Crippen molar-refractivity contribution in [3.8, 4) is 0 Å². The summed E-state index contributed by atoms with van der Waals surface area (Å²) in [7, 11) is 1.35. The first kappa shape index (κ1) is 23.5. The maximum atomic E-state index is 13.8. The van der Waals surface area contributed by atoms with Crippen molar-refractivity contribution in [2.24, 2.45) is 0 Å². The number of piperazine rings is 1. The van der Waals surface area contributed by atoms with Gasteiger partial charge in [0.2, 0.25) is 11.8 Å². The molecule has 0 bridgehead atoms. The second-order valence-corrected chi connectivity index (χ2v) is 10.2. The molecule has 37 heavy (non-hydrogen) atoms. The van der Waals surface area contributed by atoms with Crippen molar-refractivity contribution in [1.29, 1.82) is 0 Å². The number of esters is 1. The Morgan fingerprint density at radius 3 is 2.65 bits per heavy atom. The molecule has 7 nitrogen and oxygen atoms in total. The summed E-state index contributed by atoms with van der Waals surface area (Å²) in [6.07, 6.45) is 8.26. The van der Waals surface area contributed by atoms with E-state index in [9.17, 15) is 14.4 Å². The van der Waals surface area contributed by atoms with Crippen molar-refractivity contribution in [3.63, 3.8) is 0 Å². The number of para-hydroxylation sites is 1. The SMILES string of the molecule is COC(=O)c1ccc([C@@H]2c3[nH]c4ccccc4c3C[C@H]3C(=O)N(CCC4=CCCCC4)CC(=O)N23)cc1. The number of carbonyl (C=O) groups excluding carboxylic acids is 3. The summed E-state index contributed by atoms with van der Waals surface area (Å²) in [5.74, 6) is -0.441. The quantitative estimate of drug-likeness (QED) is 0.415. The number of hydrogen-bond donors (Lipinski definition) is 1. The fourth-order valence-corrected chi connectivity index (χ4v) is 6.19. The van der Waals surface area contributed by atoms with E-state index < -0.39 is 18.1 Å². The molecule has 2 amide bonds. The highest BCUT2D eigenvalue weighted by molar-refractivity contribution is 5.97. The number of methoxy groups -OCH3 is 1. The van der Waals surface area contributed by atoms with Crippen LogP contribution in [0.5, 0.6) is 0 Å². The van der Waals surface area contributed by atoms with Gasteiger partial charge in [-0.3, -0.25) is 9.59 Å². The van der Waals surface area contributed by atoms with E-state index >= 15 is 0 Å². The van der Waals surface area contributed by atoms with Crippen LogP contribution in [0.1, 0.15) is 65.3 Å². The van der Waals surface area contributed by atoms with Crippen molar-refractivity contribution >= 4 is 28.7 Å². The van der Waals surface area contributed by atoms with E-state index in [4.69, 9.17) is 4.74 Å². The Balaban J connectivity index is 1.38. The van der Waals surface area contributed by atoms with Gasteiger partial charge in [-0.15, -0.1) is 0 Å². The number of amides is 2. The van der Waals surface area contributed by atoms with Gasteiger partial charge in [-0.1, -0.05) is 42.0 Å². The van der Waals surface area contributed by atoms with Gasteiger partial charge in [0.25, 0.3) is 0 Å². The fraction of sp³-hybridized carbons (Fsp3) is 0.367. The number of fused-ring (bicyclic) bond motifs is 4. The number of aromatic nitrogens is 1. The molecule has 3 heterocycles. The second-order valence-electron chi connectivity index (χ2n) is 10.2. The van der Waals surface area contributed by atoms with Crippen LogP contribution < -0.4 is 0 Å². The molecular weight excluding hydrogens is 466 g/mol. The lowest BCUT2D eigenvalue weighted by Crippen LogP contribution is -2.63. The van der Waals surface area contributed by atoms with E-state index in [2.05, 4.69) is 17.1 Å². The van der Waals surface area contributed by atoms with Crippen LogP contribution in [0.4, 0.5) is 0 Å². The highest BCUT2D eigenvalue weighted by atomic mass is 16.5. The maximum Gasteiger partial charge on any atom is 0.337 e. The molecule has 1 aromatic heterocycles. The number of hydrogen-bond acceptors (Lipinski definition) is 4. The van der Waals surface area contributed by atoms with E-state index in [0.717, 1.165) is 47.0 Å². The van der Waals surface area contributed by atoms with Gasteiger partial charge in [0.15, 0.2) is 0 Å². The van der Waals surface area contributed by atoms with Gasteiger partial charge in [0, 0.05) is 29.6 Å². The van der Waals surface area contributed by atoms with E-state index in [1.807, 2.05) is 30.3 Å². The van der Waals surface area contributed by atoms with Crippen molar-refractivity contribution < 1.29 is 19.1 Å². The smallest absolute Gasteiger partial charge is 0.337 e. The number of allylic oxidation sites excluding steroid dienone is 1. The van der Waals surface area contributed by atoms with Crippen LogP contribution in [0.2, 0.25) is 0 Å². The molecule has 0 radical (unpaired) electrons. The van der Waals surface area contributed by atoms with Gasteiger partial charge >= 0.3 is 5.97 Å². The van der Waals surface area contributed by atoms with E-state index in [-0.39, 0.29) is 18.4 Å². The molecule has 1 fully saturated rings. The van der Waals surface area contributed by atoms with Crippen molar-refractivity contribution in [1.82, 2.24) is 14.8 Å². The van der Waals surface area contributed by atoms with Gasteiger partial charge in [0.05, 0.1) is 25.3 Å². The van der Waals surface area contributed by atoms with Gasteiger partial charge < -0.3 is 19.5 Å². The Morgan fingerprint density at radius 1 is 1.08 bits per heavy atom. The number of ether oxygens (including phenoxy) is 1. The third-order valence-corrected chi connectivity index (χ3v) is 8.08. The van der Waals surface area contributed by atoms with Crippen molar-refractivity contribution in [2.45, 2.75) is 50.6 Å². The molecule has 0 unspecified atom stereocenters. The topological polar surface area (TPSA) is 82.7 Å². The normalized spacial score (nSPS) is 21.5. The van der Waals surface area contributed by atoms with Crippen LogP contribution in [-0.4, -0.2) is 58.8 Å². The first-order valence-corrected chi connectivity index (χ1v) is 13.1. The van der Waals surface area contributed by atoms with E-state index in [1.54, 1.807) is 21.9 Å². The van der Waals surface area contributed by atoms with Gasteiger partial charge in [-0.25, -0.2) is 4.79 Å². The average Bonchev–Trinajstić information content (AvgIpc) is 3.31. The minimum atomic E-state index is -0.557. The van der Waals surface area contributed by atoms with Crippen LogP contribution in [0.25, 0.3) is 10.9 Å². The molecule has 0 spiro atoms. The molecule has 2 atom stereocenters. The maximum absolute atomic E-state index is 13.8. The fourth-order valence-electron chi connectivity index (χ4n) is 6.19. The van der Waals surface area contributed by atoms with E-state index in [0.29, 0.717) is 18.5 Å². The summed E-state index contributed by atoms with van der Waals surface area (Å²) in [5, 5.41) is 1.08. The van der Waals surface area contributed by atoms with Crippen LogP contribution in [0, 0.1) is 0 Å². The van der Waals surface area contributed by atoms with Crippen molar-refractivity contribution in [2.75, 3.05) is 20.2 Å². The molecule has 6 rings (SSSR count). The zero-order chi connectivity index (χ0) is 25.5. The average molecular weight is 498 g/mol. The standard InChI is InChI=1S/C30H31N3O4/c1-37-30(36)21-13-11-20(12-14-21)28-27-23(22-9-5-6-10-24(22)31-27)17-25-29(35)32(18-26(34)33(25)28)16-15-19-7-3-2-4-8-19/h5-7,9-14,25,28,31H,2-4,8,15-18H2,1H3/t25-,28+/m0/s1. The second kappa shape index (κ2) is 9.54. The third kappa shape index (κ3) is 4.12. The first-order valence-electron chi connectivity index (χ1n) is 13.1. The van der Waals surface area contributed by atoms with Gasteiger partial charge in [-0.05, 0) is 61.4 Å². The summed E-state index contributed by atoms with van der Waals surface area (Å²) in [6.45, 7) is 0.675. The zero-order valence-corrected chi connectivity index (χ0v) is 21.0. The minimum absolute atomic E-state index is 0.0168. The number of H-pyrrole nitrogens is 1. The molecule has 0 saturated carbocycles. The summed E-state index contributed by atoms with van der Waals surface area (Å²) in [6, 6.07) is 14.2. The lowest BCUT2D eigenvalue weighted by atomic mass is 9.86. The molecular formula is C30H31N3O4. The summed E-state index contributed by atoms with van der Waals surface area (Å²) >= 11 is 0.